The number of amides is 1. The maximum Gasteiger partial charge on any atom is 0.416 e. The lowest BCUT2D eigenvalue weighted by Crippen LogP contribution is -2.51. The first-order chi connectivity index (χ1) is 11.4. The van der Waals surface area contributed by atoms with Crippen LogP contribution in [0.15, 0.2) is 24.3 Å². The van der Waals surface area contributed by atoms with Gasteiger partial charge in [0.1, 0.15) is 6.10 Å². The minimum Gasteiger partial charge on any atom is -0.368 e. The largest absolute Gasteiger partial charge is 0.416 e. The van der Waals surface area contributed by atoms with E-state index >= 15 is 0 Å². The number of carbonyl (C=O) groups excluding carboxylic acids is 1. The summed E-state index contributed by atoms with van der Waals surface area (Å²) >= 11 is 0. The van der Waals surface area contributed by atoms with Gasteiger partial charge in [0, 0.05) is 39.3 Å². The zero-order chi connectivity index (χ0) is 17.2. The summed E-state index contributed by atoms with van der Waals surface area (Å²) in [6.07, 6.45) is -2.85. The van der Waals surface area contributed by atoms with E-state index in [-0.39, 0.29) is 12.0 Å². The second kappa shape index (κ2) is 7.11. The van der Waals surface area contributed by atoms with Crippen LogP contribution in [0.25, 0.3) is 0 Å². The number of benzene rings is 1. The maximum absolute atomic E-state index is 12.6. The van der Waals surface area contributed by atoms with Crippen LogP contribution >= 0.6 is 0 Å². The minimum atomic E-state index is -4.30. The smallest absolute Gasteiger partial charge is 0.368 e. The Balaban J connectivity index is 1.49. The van der Waals surface area contributed by atoms with Crippen molar-refractivity contribution in [2.75, 3.05) is 32.8 Å². The molecular formula is C17H21F3N2O2. The van der Waals surface area contributed by atoms with Gasteiger partial charge >= 0.3 is 6.18 Å². The van der Waals surface area contributed by atoms with E-state index in [4.69, 9.17) is 4.74 Å². The Morgan fingerprint density at radius 3 is 2.33 bits per heavy atom. The van der Waals surface area contributed by atoms with Crippen molar-refractivity contribution in [1.82, 2.24) is 9.80 Å². The zero-order valence-corrected chi connectivity index (χ0v) is 13.4. The molecule has 3 rings (SSSR count). The number of hydrogen-bond donors (Lipinski definition) is 0. The monoisotopic (exact) mass is 342 g/mol. The third-order valence-electron chi connectivity index (χ3n) is 4.58. The lowest BCUT2D eigenvalue weighted by Gasteiger charge is -2.35. The Morgan fingerprint density at radius 2 is 1.79 bits per heavy atom. The third-order valence-corrected chi connectivity index (χ3v) is 4.58. The third kappa shape index (κ3) is 4.08. The quantitative estimate of drug-likeness (QED) is 0.846. The van der Waals surface area contributed by atoms with E-state index in [1.807, 2.05) is 4.90 Å². The molecule has 0 aliphatic carbocycles. The Morgan fingerprint density at radius 1 is 1.12 bits per heavy atom. The normalized spacial score (nSPS) is 22.8. The summed E-state index contributed by atoms with van der Waals surface area (Å²) in [5.74, 6) is 0.0710. The van der Waals surface area contributed by atoms with E-state index in [0.717, 1.165) is 43.6 Å². The van der Waals surface area contributed by atoms with Gasteiger partial charge in [0.25, 0.3) is 5.91 Å². The topological polar surface area (TPSA) is 32.8 Å². The van der Waals surface area contributed by atoms with Gasteiger partial charge in [0.05, 0.1) is 5.56 Å². The molecule has 1 aromatic rings. The van der Waals surface area contributed by atoms with Crippen LogP contribution in [0.1, 0.15) is 24.0 Å². The van der Waals surface area contributed by atoms with Gasteiger partial charge in [-0.25, -0.2) is 0 Å². The fourth-order valence-electron chi connectivity index (χ4n) is 3.16. The molecule has 1 amide bonds. The number of piperazine rings is 1. The molecule has 2 saturated heterocycles. The van der Waals surface area contributed by atoms with Crippen molar-refractivity contribution in [2.24, 2.45) is 0 Å². The molecule has 0 aromatic heterocycles. The van der Waals surface area contributed by atoms with Gasteiger partial charge < -0.3 is 9.64 Å². The van der Waals surface area contributed by atoms with Crippen LogP contribution in [0.3, 0.4) is 0 Å². The van der Waals surface area contributed by atoms with Crippen LogP contribution in [0.4, 0.5) is 13.2 Å². The van der Waals surface area contributed by atoms with Crippen LogP contribution in [-0.2, 0) is 22.3 Å². The molecule has 0 spiro atoms. The van der Waals surface area contributed by atoms with E-state index in [1.165, 1.54) is 12.1 Å². The average Bonchev–Trinajstić information content (AvgIpc) is 3.09. The van der Waals surface area contributed by atoms with Gasteiger partial charge in [-0.05, 0) is 30.5 Å². The van der Waals surface area contributed by atoms with Crippen LogP contribution < -0.4 is 0 Å². The van der Waals surface area contributed by atoms with Crippen molar-refractivity contribution in [3.05, 3.63) is 35.4 Å². The summed E-state index contributed by atoms with van der Waals surface area (Å²) in [5, 5.41) is 0. The highest BCUT2D eigenvalue weighted by atomic mass is 19.4. The van der Waals surface area contributed by atoms with E-state index in [2.05, 4.69) is 4.90 Å². The first kappa shape index (κ1) is 17.2. The molecule has 2 heterocycles. The molecule has 2 fully saturated rings. The van der Waals surface area contributed by atoms with Gasteiger partial charge in [-0.15, -0.1) is 0 Å². The van der Waals surface area contributed by atoms with Crippen molar-refractivity contribution in [3.8, 4) is 0 Å². The Kier molecular flexibility index (Phi) is 5.10. The van der Waals surface area contributed by atoms with E-state index in [0.29, 0.717) is 26.2 Å². The molecule has 0 N–H and O–H groups in total. The first-order valence-corrected chi connectivity index (χ1v) is 8.22. The Bertz CT molecular complexity index is 560. The molecule has 24 heavy (non-hydrogen) atoms. The number of nitrogens with zero attached hydrogens (tertiary/aromatic N) is 2. The summed E-state index contributed by atoms with van der Waals surface area (Å²) in [6, 6.07) is 5.28. The summed E-state index contributed by atoms with van der Waals surface area (Å²) in [6.45, 7) is 3.97. The summed E-state index contributed by atoms with van der Waals surface area (Å²) < 4.78 is 43.1. The summed E-state index contributed by atoms with van der Waals surface area (Å²) in [4.78, 5) is 16.3. The second-order valence-corrected chi connectivity index (χ2v) is 6.30. The number of hydrogen-bond acceptors (Lipinski definition) is 3. The predicted octanol–water partition coefficient (Wildman–Crippen LogP) is 2.53. The number of rotatable bonds is 3. The van der Waals surface area contributed by atoms with Crippen LogP contribution in [0.5, 0.6) is 0 Å². The van der Waals surface area contributed by atoms with Crippen molar-refractivity contribution in [1.29, 1.82) is 0 Å². The van der Waals surface area contributed by atoms with Crippen molar-refractivity contribution < 1.29 is 22.7 Å². The Labute approximate surface area is 139 Å². The number of halogens is 3. The zero-order valence-electron chi connectivity index (χ0n) is 13.4. The van der Waals surface area contributed by atoms with Crippen LogP contribution in [-0.4, -0.2) is 54.6 Å². The SMILES string of the molecule is O=C(C1CCCO1)N1CCN(Cc2ccc(C(F)(F)F)cc2)CC1. The maximum atomic E-state index is 12.6. The van der Waals surface area contributed by atoms with Gasteiger partial charge in [0.2, 0.25) is 0 Å². The van der Waals surface area contributed by atoms with E-state index in [1.54, 1.807) is 0 Å². The molecule has 0 bridgehead atoms. The molecule has 4 nitrogen and oxygen atoms in total. The molecule has 1 aromatic carbocycles. The predicted molar refractivity (Wildman–Crippen MR) is 82.3 cm³/mol. The van der Waals surface area contributed by atoms with Crippen LogP contribution in [0.2, 0.25) is 0 Å². The molecule has 2 aliphatic heterocycles. The number of ether oxygens (including phenoxy) is 1. The van der Waals surface area contributed by atoms with Crippen molar-refractivity contribution >= 4 is 5.91 Å². The lowest BCUT2D eigenvalue weighted by atomic mass is 10.1. The van der Waals surface area contributed by atoms with Gasteiger partial charge in [-0.1, -0.05) is 12.1 Å². The highest BCUT2D eigenvalue weighted by Gasteiger charge is 2.31. The summed E-state index contributed by atoms with van der Waals surface area (Å²) in [5.41, 5.74) is 0.222. The first-order valence-electron chi connectivity index (χ1n) is 8.22. The molecule has 7 heteroatoms. The van der Waals surface area contributed by atoms with Crippen molar-refractivity contribution in [2.45, 2.75) is 31.7 Å². The van der Waals surface area contributed by atoms with E-state index < -0.39 is 11.7 Å². The van der Waals surface area contributed by atoms with Crippen LogP contribution in [0, 0.1) is 0 Å². The van der Waals surface area contributed by atoms with Gasteiger partial charge in [-0.2, -0.15) is 13.2 Å². The molecule has 1 atom stereocenters. The highest BCUT2D eigenvalue weighted by molar-refractivity contribution is 5.81. The van der Waals surface area contributed by atoms with Gasteiger partial charge in [-0.3, -0.25) is 9.69 Å². The number of carbonyl (C=O) groups is 1. The minimum absolute atomic E-state index is 0.0710. The molecule has 0 radical (unpaired) electrons. The van der Waals surface area contributed by atoms with E-state index in [9.17, 15) is 18.0 Å². The molecule has 132 valence electrons. The average molecular weight is 342 g/mol. The molecular weight excluding hydrogens is 321 g/mol. The van der Waals surface area contributed by atoms with Gasteiger partial charge in [0.15, 0.2) is 0 Å². The summed E-state index contributed by atoms with van der Waals surface area (Å²) in [7, 11) is 0. The highest BCUT2D eigenvalue weighted by Crippen LogP contribution is 2.29. The van der Waals surface area contributed by atoms with Crippen molar-refractivity contribution in [3.63, 3.8) is 0 Å². The standard InChI is InChI=1S/C17H21F3N2O2/c18-17(19,20)14-5-3-13(4-6-14)12-21-7-9-22(10-8-21)16(23)15-2-1-11-24-15/h3-6,15H,1-2,7-12H2. The molecule has 2 aliphatic rings. The lowest BCUT2D eigenvalue weighted by molar-refractivity contribution is -0.142. The fraction of sp³-hybridized carbons (Fsp3) is 0.588. The fourth-order valence-corrected chi connectivity index (χ4v) is 3.16. The molecule has 1 unspecified atom stereocenters. The number of alkyl halides is 3. The second-order valence-electron chi connectivity index (χ2n) is 6.30. The molecule has 0 saturated carbocycles. The Hall–Kier alpha value is -1.60.